The average molecular weight is 273 g/mol. The summed E-state index contributed by atoms with van der Waals surface area (Å²) >= 11 is 0. The quantitative estimate of drug-likeness (QED) is 0.898. The lowest BCUT2D eigenvalue weighted by Gasteiger charge is -2.35. The van der Waals surface area contributed by atoms with Crippen molar-refractivity contribution in [3.05, 3.63) is 47.7 Å². The fourth-order valence-electron chi connectivity index (χ4n) is 2.69. The van der Waals surface area contributed by atoms with Gasteiger partial charge in [0, 0.05) is 12.0 Å². The molecule has 0 saturated carbocycles. The molecule has 1 aliphatic heterocycles. The summed E-state index contributed by atoms with van der Waals surface area (Å²) in [5.74, 6) is 0.886. The zero-order valence-corrected chi connectivity index (χ0v) is 12.6. The Labute approximate surface area is 121 Å². The highest BCUT2D eigenvalue weighted by Crippen LogP contribution is 2.35. The predicted molar refractivity (Wildman–Crippen MR) is 80.3 cm³/mol. The van der Waals surface area contributed by atoms with Gasteiger partial charge in [0.15, 0.2) is 0 Å². The highest BCUT2D eigenvalue weighted by molar-refractivity contribution is 5.79. The van der Waals surface area contributed by atoms with Crippen LogP contribution >= 0.6 is 0 Å². The molecule has 0 aliphatic carbocycles. The van der Waals surface area contributed by atoms with Gasteiger partial charge in [-0.25, -0.2) is 0 Å². The molecule has 1 aromatic rings. The summed E-state index contributed by atoms with van der Waals surface area (Å²) in [5.41, 5.74) is 1.17. The smallest absolute Gasteiger partial charge is 0.227 e. The number of rotatable bonds is 2. The first kappa shape index (κ1) is 14.6. The highest BCUT2D eigenvalue weighted by Gasteiger charge is 2.35. The van der Waals surface area contributed by atoms with Crippen molar-refractivity contribution in [3.8, 4) is 0 Å². The van der Waals surface area contributed by atoms with E-state index < -0.39 is 0 Å². The Morgan fingerprint density at radius 1 is 1.20 bits per heavy atom. The third kappa shape index (κ3) is 3.21. The van der Waals surface area contributed by atoms with Crippen LogP contribution in [-0.4, -0.2) is 19.1 Å². The fourth-order valence-corrected chi connectivity index (χ4v) is 2.69. The van der Waals surface area contributed by atoms with Crippen molar-refractivity contribution in [2.24, 2.45) is 5.41 Å². The van der Waals surface area contributed by atoms with Gasteiger partial charge in [-0.2, -0.15) is 0 Å². The number of hydrogen-bond donors (Lipinski definition) is 1. The van der Waals surface area contributed by atoms with Gasteiger partial charge in [-0.05, 0) is 17.1 Å². The minimum absolute atomic E-state index is 0.0245. The number of ether oxygens (including phenoxy) is 1. The second kappa shape index (κ2) is 5.70. The summed E-state index contributed by atoms with van der Waals surface area (Å²) < 4.78 is 5.35. The van der Waals surface area contributed by atoms with Gasteiger partial charge in [0.1, 0.15) is 5.76 Å². The Bertz CT molecular complexity index is 499. The van der Waals surface area contributed by atoms with E-state index in [2.05, 4.69) is 44.3 Å². The summed E-state index contributed by atoms with van der Waals surface area (Å²) in [6, 6.07) is 10.3. The number of nitrogens with one attached hydrogen (secondary N) is 1. The first-order valence-corrected chi connectivity index (χ1v) is 7.01. The van der Waals surface area contributed by atoms with Crippen molar-refractivity contribution in [2.75, 3.05) is 7.11 Å². The van der Waals surface area contributed by atoms with E-state index in [0.29, 0.717) is 6.42 Å². The first-order valence-electron chi connectivity index (χ1n) is 7.01. The number of amides is 1. The predicted octanol–water partition coefficient (Wildman–Crippen LogP) is 3.24. The van der Waals surface area contributed by atoms with Crippen molar-refractivity contribution in [3.63, 3.8) is 0 Å². The van der Waals surface area contributed by atoms with E-state index in [0.717, 1.165) is 5.76 Å². The highest BCUT2D eigenvalue weighted by atomic mass is 16.5. The van der Waals surface area contributed by atoms with Crippen LogP contribution in [0.15, 0.2) is 42.2 Å². The number of benzene rings is 1. The zero-order chi connectivity index (χ0) is 14.8. The van der Waals surface area contributed by atoms with Crippen LogP contribution in [0.25, 0.3) is 0 Å². The summed E-state index contributed by atoms with van der Waals surface area (Å²) in [4.78, 5) is 12.1. The molecule has 1 amide bonds. The second-order valence-corrected chi connectivity index (χ2v) is 6.36. The van der Waals surface area contributed by atoms with E-state index in [-0.39, 0.29) is 23.3 Å². The lowest BCUT2D eigenvalue weighted by molar-refractivity contribution is -0.122. The van der Waals surface area contributed by atoms with Crippen molar-refractivity contribution in [1.82, 2.24) is 5.32 Å². The van der Waals surface area contributed by atoms with E-state index >= 15 is 0 Å². The van der Waals surface area contributed by atoms with E-state index in [1.54, 1.807) is 7.11 Å². The van der Waals surface area contributed by atoms with Gasteiger partial charge < -0.3 is 10.1 Å². The molecule has 1 heterocycles. The molecule has 3 nitrogen and oxygen atoms in total. The summed E-state index contributed by atoms with van der Waals surface area (Å²) in [6.07, 6.45) is 2.40. The van der Waals surface area contributed by atoms with Crippen LogP contribution in [0.5, 0.6) is 0 Å². The molecular formula is C17H23NO2. The Morgan fingerprint density at radius 3 is 2.40 bits per heavy atom. The SMILES string of the molecule is COC1=C[C@H](c2ccccc2)[C@@H](C(C)(C)C)NC(=O)C1. The van der Waals surface area contributed by atoms with Crippen LogP contribution in [0.4, 0.5) is 0 Å². The van der Waals surface area contributed by atoms with Crippen LogP contribution in [0.2, 0.25) is 0 Å². The molecular weight excluding hydrogens is 250 g/mol. The molecule has 108 valence electrons. The molecule has 3 heteroatoms. The average Bonchev–Trinajstić information content (AvgIpc) is 2.58. The Kier molecular flexibility index (Phi) is 4.17. The Hall–Kier alpha value is -1.77. The van der Waals surface area contributed by atoms with Crippen LogP contribution in [0.3, 0.4) is 0 Å². The van der Waals surface area contributed by atoms with Crippen molar-refractivity contribution in [1.29, 1.82) is 0 Å². The first-order chi connectivity index (χ1) is 9.41. The molecule has 1 N–H and O–H groups in total. The third-order valence-electron chi connectivity index (χ3n) is 3.76. The zero-order valence-electron chi connectivity index (χ0n) is 12.6. The van der Waals surface area contributed by atoms with Gasteiger partial charge in [-0.1, -0.05) is 51.1 Å². The maximum Gasteiger partial charge on any atom is 0.227 e. The maximum atomic E-state index is 12.1. The third-order valence-corrected chi connectivity index (χ3v) is 3.76. The molecule has 0 fully saturated rings. The van der Waals surface area contributed by atoms with Crippen LogP contribution in [0.1, 0.15) is 38.7 Å². The van der Waals surface area contributed by atoms with E-state index in [9.17, 15) is 4.79 Å². The Balaban J connectivity index is 2.47. The van der Waals surface area contributed by atoms with Crippen LogP contribution in [0, 0.1) is 5.41 Å². The molecule has 0 unspecified atom stereocenters. The monoisotopic (exact) mass is 273 g/mol. The molecule has 2 atom stereocenters. The second-order valence-electron chi connectivity index (χ2n) is 6.36. The number of carbonyl (C=O) groups is 1. The van der Waals surface area contributed by atoms with E-state index in [1.807, 2.05) is 18.2 Å². The largest absolute Gasteiger partial charge is 0.501 e. The minimum Gasteiger partial charge on any atom is -0.501 e. The maximum absolute atomic E-state index is 12.1. The molecule has 0 bridgehead atoms. The van der Waals surface area contributed by atoms with Crippen LogP contribution in [-0.2, 0) is 9.53 Å². The molecule has 0 aromatic heterocycles. The van der Waals surface area contributed by atoms with Gasteiger partial charge in [0.2, 0.25) is 5.91 Å². The molecule has 1 aromatic carbocycles. The summed E-state index contributed by atoms with van der Waals surface area (Å²) in [5, 5.41) is 3.16. The van der Waals surface area contributed by atoms with Crippen molar-refractivity contribution < 1.29 is 9.53 Å². The summed E-state index contributed by atoms with van der Waals surface area (Å²) in [7, 11) is 1.62. The topological polar surface area (TPSA) is 38.3 Å². The standard InChI is InChI=1S/C17H23NO2/c1-17(2,3)16-14(12-8-6-5-7-9-12)10-13(20-4)11-15(19)18-16/h5-10,14,16H,11H2,1-4H3,(H,18,19)/t14-,16+/m1/s1. The number of methoxy groups -OCH3 is 1. The van der Waals surface area contributed by atoms with Gasteiger partial charge in [0.25, 0.3) is 0 Å². The number of hydrogen-bond acceptors (Lipinski definition) is 2. The van der Waals surface area contributed by atoms with Crippen molar-refractivity contribution >= 4 is 5.91 Å². The van der Waals surface area contributed by atoms with Gasteiger partial charge in [-0.3, -0.25) is 4.79 Å². The molecule has 0 saturated heterocycles. The van der Waals surface area contributed by atoms with Crippen molar-refractivity contribution in [2.45, 2.75) is 39.2 Å². The van der Waals surface area contributed by atoms with E-state index in [4.69, 9.17) is 4.74 Å². The summed E-state index contributed by atoms with van der Waals surface area (Å²) in [6.45, 7) is 6.46. The lowest BCUT2D eigenvalue weighted by atomic mass is 9.76. The fraction of sp³-hybridized carbons (Fsp3) is 0.471. The van der Waals surface area contributed by atoms with Gasteiger partial charge >= 0.3 is 0 Å². The number of carbonyl (C=O) groups excluding carboxylic acids is 1. The van der Waals surface area contributed by atoms with Gasteiger partial charge in [-0.15, -0.1) is 0 Å². The van der Waals surface area contributed by atoms with E-state index in [1.165, 1.54) is 5.56 Å². The van der Waals surface area contributed by atoms with Crippen LogP contribution < -0.4 is 5.32 Å². The molecule has 1 aliphatic rings. The molecule has 0 spiro atoms. The lowest BCUT2D eigenvalue weighted by Crippen LogP contribution is -2.46. The molecule has 20 heavy (non-hydrogen) atoms. The Morgan fingerprint density at radius 2 is 1.85 bits per heavy atom. The molecule has 2 rings (SSSR count). The normalized spacial score (nSPS) is 23.6. The molecule has 0 radical (unpaired) electrons. The van der Waals surface area contributed by atoms with Gasteiger partial charge in [0.05, 0.1) is 13.5 Å². The minimum atomic E-state index is -0.0319.